The third kappa shape index (κ3) is 5.06. The van der Waals surface area contributed by atoms with Crippen LogP contribution in [-0.4, -0.2) is 0 Å². The maximum Gasteiger partial charge on any atom is 0.0725 e. The Labute approximate surface area is 399 Å². The lowest BCUT2D eigenvalue weighted by Gasteiger charge is -2.32. The van der Waals surface area contributed by atoms with Crippen LogP contribution in [0.15, 0.2) is 224 Å². The standard InChI is InChI=1S/C67H49N/c1-65(2)54-29-13-8-22-46(54)48-38-36-43(40-60(48)65)68(44-37-39-49-47-23-9-14-30-55(47)66(3,4)61(49)41-44)62-35-17-12-24-50(62)51-28-19-34-59-64(51)53-26-11-16-32-57(53)67(59)56-31-15-10-25-52(56)63-45(27-18-33-58(63)67)42-20-6-5-7-21-42/h5-41H,1-4H3. The molecule has 0 heterocycles. The number of nitrogens with zero attached hydrogens (tertiary/aromatic N) is 1. The van der Waals surface area contributed by atoms with Crippen LogP contribution in [0.25, 0.3) is 66.8 Å². The van der Waals surface area contributed by atoms with Gasteiger partial charge in [0.15, 0.2) is 0 Å². The second kappa shape index (κ2) is 14.0. The summed E-state index contributed by atoms with van der Waals surface area (Å²) in [6, 6.07) is 85.0. The van der Waals surface area contributed by atoms with Gasteiger partial charge >= 0.3 is 0 Å². The van der Waals surface area contributed by atoms with Gasteiger partial charge in [0, 0.05) is 27.8 Å². The fraction of sp³-hybridized carbons (Fsp3) is 0.104. The Morgan fingerprint density at radius 3 is 1.19 bits per heavy atom. The van der Waals surface area contributed by atoms with Gasteiger partial charge in [0.25, 0.3) is 0 Å². The molecule has 4 aliphatic carbocycles. The van der Waals surface area contributed by atoms with Crippen LogP contribution < -0.4 is 4.90 Å². The van der Waals surface area contributed by atoms with Crippen molar-refractivity contribution >= 4 is 17.1 Å². The first kappa shape index (κ1) is 39.2. The Morgan fingerprint density at radius 2 is 0.647 bits per heavy atom. The minimum absolute atomic E-state index is 0.152. The van der Waals surface area contributed by atoms with Gasteiger partial charge in [-0.05, 0) is 136 Å². The highest BCUT2D eigenvalue weighted by Crippen LogP contribution is 2.66. The van der Waals surface area contributed by atoms with Crippen molar-refractivity contribution in [3.8, 4) is 66.8 Å². The molecule has 1 spiro atoms. The third-order valence-corrected chi connectivity index (χ3v) is 16.3. The number of para-hydroxylation sites is 1. The normalized spacial score (nSPS) is 16.5. The molecule has 0 amide bonds. The second-order valence-electron chi connectivity index (χ2n) is 20.3. The van der Waals surface area contributed by atoms with E-state index in [0.29, 0.717) is 0 Å². The zero-order valence-corrected chi connectivity index (χ0v) is 38.8. The van der Waals surface area contributed by atoms with E-state index in [2.05, 4.69) is 257 Å². The predicted octanol–water partition coefficient (Wildman–Crippen LogP) is 17.4. The molecule has 0 N–H and O–H groups in total. The molecule has 1 nitrogen and oxygen atoms in total. The quantitative estimate of drug-likeness (QED) is 0.167. The van der Waals surface area contributed by atoms with Gasteiger partial charge in [0.2, 0.25) is 0 Å². The lowest BCUT2D eigenvalue weighted by atomic mass is 9.70. The van der Waals surface area contributed by atoms with Crippen LogP contribution in [0.2, 0.25) is 0 Å². The number of hydrogen-bond acceptors (Lipinski definition) is 1. The van der Waals surface area contributed by atoms with Gasteiger partial charge in [0.1, 0.15) is 0 Å². The van der Waals surface area contributed by atoms with Crippen LogP contribution in [0.1, 0.15) is 72.2 Å². The minimum atomic E-state index is -0.492. The number of anilines is 3. The molecular formula is C67H49N. The molecular weight excluding hydrogens is 819 g/mol. The molecule has 1 unspecified atom stereocenters. The first-order chi connectivity index (χ1) is 33.3. The van der Waals surface area contributed by atoms with Gasteiger partial charge < -0.3 is 4.90 Å². The molecule has 0 saturated carbocycles. The van der Waals surface area contributed by atoms with Gasteiger partial charge in [-0.2, -0.15) is 0 Å². The first-order valence-corrected chi connectivity index (χ1v) is 24.2. The summed E-state index contributed by atoms with van der Waals surface area (Å²) in [5.74, 6) is 0. The van der Waals surface area contributed by atoms with Gasteiger partial charge in [0.05, 0.1) is 11.1 Å². The smallest absolute Gasteiger partial charge is 0.0725 e. The van der Waals surface area contributed by atoms with Gasteiger partial charge in [-0.1, -0.05) is 222 Å². The van der Waals surface area contributed by atoms with E-state index in [0.717, 1.165) is 17.1 Å². The fourth-order valence-corrected chi connectivity index (χ4v) is 13.3. The third-order valence-electron chi connectivity index (χ3n) is 16.3. The zero-order valence-electron chi connectivity index (χ0n) is 38.8. The van der Waals surface area contributed by atoms with Crippen LogP contribution in [0.5, 0.6) is 0 Å². The summed E-state index contributed by atoms with van der Waals surface area (Å²) in [4.78, 5) is 2.55. The maximum atomic E-state index is 2.55. The molecule has 10 aromatic rings. The molecule has 1 atom stereocenters. The molecule has 0 bridgehead atoms. The topological polar surface area (TPSA) is 3.24 Å². The van der Waals surface area contributed by atoms with E-state index in [1.54, 1.807) is 0 Å². The molecule has 0 aromatic heterocycles. The van der Waals surface area contributed by atoms with E-state index in [9.17, 15) is 0 Å². The van der Waals surface area contributed by atoms with E-state index in [-0.39, 0.29) is 10.8 Å². The van der Waals surface area contributed by atoms with E-state index >= 15 is 0 Å². The number of fused-ring (bicyclic) bond motifs is 16. The Hall–Kier alpha value is -8.00. The van der Waals surface area contributed by atoms with Crippen molar-refractivity contribution in [1.29, 1.82) is 0 Å². The van der Waals surface area contributed by atoms with E-state index in [4.69, 9.17) is 0 Å². The molecule has 14 rings (SSSR count). The summed E-state index contributed by atoms with van der Waals surface area (Å²) in [6.07, 6.45) is 0. The Balaban J connectivity index is 1.02. The van der Waals surface area contributed by atoms with Crippen molar-refractivity contribution in [2.24, 2.45) is 0 Å². The van der Waals surface area contributed by atoms with Crippen molar-refractivity contribution in [3.63, 3.8) is 0 Å². The number of hydrogen-bond donors (Lipinski definition) is 0. The van der Waals surface area contributed by atoms with Crippen LogP contribution in [0.4, 0.5) is 17.1 Å². The SMILES string of the molecule is CC1(C)c2ccccc2-c2ccc(N(c3ccc4c(c3)C(C)(C)c3ccccc3-4)c3ccccc3-c3cccc4c3-c3ccccc3C43c4ccccc4-c4c(-c5ccccc5)cccc43)cc21. The Morgan fingerprint density at radius 1 is 0.265 bits per heavy atom. The van der Waals surface area contributed by atoms with Crippen LogP contribution in [0, 0.1) is 0 Å². The lowest BCUT2D eigenvalue weighted by Crippen LogP contribution is -2.25. The van der Waals surface area contributed by atoms with Crippen molar-refractivity contribution in [3.05, 3.63) is 269 Å². The number of rotatable bonds is 5. The molecule has 4 aliphatic rings. The molecule has 0 saturated heterocycles. The molecule has 0 radical (unpaired) electrons. The van der Waals surface area contributed by atoms with Gasteiger partial charge in [-0.3, -0.25) is 0 Å². The van der Waals surface area contributed by atoms with Gasteiger partial charge in [-0.25, -0.2) is 0 Å². The van der Waals surface area contributed by atoms with Crippen molar-refractivity contribution in [2.75, 3.05) is 4.90 Å². The average molecular weight is 868 g/mol. The molecule has 0 aliphatic heterocycles. The van der Waals surface area contributed by atoms with Crippen LogP contribution in [-0.2, 0) is 16.2 Å². The van der Waals surface area contributed by atoms with E-state index < -0.39 is 5.41 Å². The largest absolute Gasteiger partial charge is 0.310 e. The molecule has 10 aromatic carbocycles. The maximum absolute atomic E-state index is 2.55. The Kier molecular flexibility index (Phi) is 8.08. The molecule has 0 fully saturated rings. The Bertz CT molecular complexity index is 3650. The monoisotopic (exact) mass is 867 g/mol. The van der Waals surface area contributed by atoms with Crippen LogP contribution in [0.3, 0.4) is 0 Å². The predicted molar refractivity (Wildman–Crippen MR) is 283 cm³/mol. The molecule has 68 heavy (non-hydrogen) atoms. The summed E-state index contributed by atoms with van der Waals surface area (Å²) in [5.41, 5.74) is 29.0. The highest BCUT2D eigenvalue weighted by Gasteiger charge is 2.53. The van der Waals surface area contributed by atoms with Crippen molar-refractivity contribution in [2.45, 2.75) is 43.9 Å². The summed E-state index contributed by atoms with van der Waals surface area (Å²) < 4.78 is 0. The summed E-state index contributed by atoms with van der Waals surface area (Å²) in [5, 5.41) is 0. The van der Waals surface area contributed by atoms with E-state index in [1.165, 1.54) is 111 Å². The lowest BCUT2D eigenvalue weighted by molar-refractivity contribution is 0.660. The summed E-state index contributed by atoms with van der Waals surface area (Å²) in [7, 11) is 0. The van der Waals surface area contributed by atoms with Gasteiger partial charge in [-0.15, -0.1) is 0 Å². The minimum Gasteiger partial charge on any atom is -0.310 e. The van der Waals surface area contributed by atoms with Crippen molar-refractivity contribution < 1.29 is 0 Å². The highest BCUT2D eigenvalue weighted by atomic mass is 15.1. The average Bonchev–Trinajstić information content (AvgIpc) is 4.02. The second-order valence-corrected chi connectivity index (χ2v) is 20.3. The zero-order chi connectivity index (χ0) is 45.5. The highest BCUT2D eigenvalue weighted by molar-refractivity contribution is 6.05. The fourth-order valence-electron chi connectivity index (χ4n) is 13.3. The first-order valence-electron chi connectivity index (χ1n) is 24.2. The van der Waals surface area contributed by atoms with Crippen LogP contribution >= 0.6 is 0 Å². The van der Waals surface area contributed by atoms with E-state index in [1.807, 2.05) is 0 Å². The molecule has 322 valence electrons. The number of benzene rings is 10. The molecule has 1 heteroatoms. The van der Waals surface area contributed by atoms with Crippen molar-refractivity contribution in [1.82, 2.24) is 0 Å². The summed E-state index contributed by atoms with van der Waals surface area (Å²) >= 11 is 0. The summed E-state index contributed by atoms with van der Waals surface area (Å²) in [6.45, 7) is 9.55.